The molecule has 126 valence electrons. The van der Waals surface area contributed by atoms with Crippen molar-refractivity contribution in [3.63, 3.8) is 0 Å². The van der Waals surface area contributed by atoms with Crippen LogP contribution >= 0.6 is 11.3 Å². The zero-order valence-electron chi connectivity index (χ0n) is 15.3. The molecule has 0 amide bonds. The second-order valence-electron chi connectivity index (χ2n) is 7.50. The molecular weight excluding hydrogens is 320 g/mol. The second kappa shape index (κ2) is 6.31. The third-order valence-electron chi connectivity index (χ3n) is 5.07. The molecule has 0 N–H and O–H groups in total. The lowest BCUT2D eigenvalue weighted by molar-refractivity contribution is 0.867. The van der Waals surface area contributed by atoms with E-state index in [1.165, 1.54) is 42.4 Å². The van der Waals surface area contributed by atoms with Gasteiger partial charge in [0.15, 0.2) is 0 Å². The van der Waals surface area contributed by atoms with Crippen molar-refractivity contribution in [2.24, 2.45) is 0 Å². The summed E-state index contributed by atoms with van der Waals surface area (Å²) in [7, 11) is 0. The first-order chi connectivity index (χ1) is 12.0. The van der Waals surface area contributed by atoms with Gasteiger partial charge in [0, 0.05) is 20.2 Å². The Morgan fingerprint density at radius 1 is 0.560 bits per heavy atom. The molecule has 0 bridgehead atoms. The minimum absolute atomic E-state index is 0.561. The highest BCUT2D eigenvalue weighted by Crippen LogP contribution is 2.37. The molecule has 4 aromatic rings. The molecule has 0 atom stereocenters. The summed E-state index contributed by atoms with van der Waals surface area (Å²) in [6, 6.07) is 22.9. The third kappa shape index (κ3) is 2.98. The molecule has 0 fully saturated rings. The van der Waals surface area contributed by atoms with Gasteiger partial charge < -0.3 is 0 Å². The van der Waals surface area contributed by atoms with Crippen molar-refractivity contribution < 1.29 is 0 Å². The standard InChI is InChI=1S/C24H24S/c1-15(2)17-5-7-18(8-6-17)20-10-12-24-22(14-20)21-13-19(16(3)4)9-11-23(21)25-24/h5-16H,1-4H3. The van der Waals surface area contributed by atoms with E-state index in [4.69, 9.17) is 0 Å². The maximum absolute atomic E-state index is 2.38. The highest BCUT2D eigenvalue weighted by atomic mass is 32.1. The fourth-order valence-electron chi connectivity index (χ4n) is 3.39. The molecule has 0 unspecified atom stereocenters. The Balaban J connectivity index is 1.85. The predicted octanol–water partition coefficient (Wildman–Crippen LogP) is 7.97. The van der Waals surface area contributed by atoms with Gasteiger partial charge in [0.1, 0.15) is 0 Å². The minimum atomic E-state index is 0.561. The summed E-state index contributed by atoms with van der Waals surface area (Å²) in [5.74, 6) is 1.14. The van der Waals surface area contributed by atoms with Gasteiger partial charge in [0.25, 0.3) is 0 Å². The average Bonchev–Trinajstić information content (AvgIpc) is 2.98. The molecule has 0 aliphatic heterocycles. The van der Waals surface area contributed by atoms with E-state index in [2.05, 4.69) is 88.4 Å². The van der Waals surface area contributed by atoms with Gasteiger partial charge in [-0.1, -0.05) is 64.1 Å². The van der Waals surface area contributed by atoms with Crippen molar-refractivity contribution in [1.82, 2.24) is 0 Å². The van der Waals surface area contributed by atoms with Crippen LogP contribution in [0.2, 0.25) is 0 Å². The first kappa shape index (κ1) is 16.4. The average molecular weight is 345 g/mol. The maximum atomic E-state index is 2.38. The fraction of sp³-hybridized carbons (Fsp3) is 0.250. The highest BCUT2D eigenvalue weighted by Gasteiger charge is 2.09. The van der Waals surface area contributed by atoms with Crippen molar-refractivity contribution in [1.29, 1.82) is 0 Å². The van der Waals surface area contributed by atoms with Crippen molar-refractivity contribution in [3.8, 4) is 11.1 Å². The number of thiophene rings is 1. The lowest BCUT2D eigenvalue weighted by Crippen LogP contribution is -1.87. The normalized spacial score (nSPS) is 11.9. The first-order valence-corrected chi connectivity index (χ1v) is 9.91. The van der Waals surface area contributed by atoms with Gasteiger partial charge in [-0.15, -0.1) is 11.3 Å². The SMILES string of the molecule is CC(C)c1ccc(-c2ccc3sc4ccc(C(C)C)cc4c3c2)cc1. The summed E-state index contributed by atoms with van der Waals surface area (Å²) >= 11 is 1.89. The van der Waals surface area contributed by atoms with E-state index in [0.29, 0.717) is 11.8 Å². The van der Waals surface area contributed by atoms with Crippen LogP contribution in [-0.4, -0.2) is 0 Å². The third-order valence-corrected chi connectivity index (χ3v) is 6.22. The van der Waals surface area contributed by atoms with Gasteiger partial charge >= 0.3 is 0 Å². The summed E-state index contributed by atoms with van der Waals surface area (Å²) in [5, 5.41) is 2.78. The van der Waals surface area contributed by atoms with E-state index >= 15 is 0 Å². The zero-order chi connectivity index (χ0) is 17.6. The fourth-order valence-corrected chi connectivity index (χ4v) is 4.46. The van der Waals surface area contributed by atoms with Crippen LogP contribution in [0.5, 0.6) is 0 Å². The Hall–Kier alpha value is -2.12. The van der Waals surface area contributed by atoms with Crippen LogP contribution in [0.25, 0.3) is 31.3 Å². The molecule has 0 aliphatic carbocycles. The number of hydrogen-bond acceptors (Lipinski definition) is 1. The molecule has 3 aromatic carbocycles. The van der Waals surface area contributed by atoms with Crippen molar-refractivity contribution in [2.75, 3.05) is 0 Å². The molecule has 4 rings (SSSR count). The van der Waals surface area contributed by atoms with Crippen molar-refractivity contribution in [3.05, 3.63) is 71.8 Å². The Morgan fingerprint density at radius 3 is 1.72 bits per heavy atom. The molecule has 0 aliphatic rings. The molecule has 0 spiro atoms. The van der Waals surface area contributed by atoms with E-state index in [0.717, 1.165) is 0 Å². The largest absolute Gasteiger partial charge is 0.135 e. The highest BCUT2D eigenvalue weighted by molar-refractivity contribution is 7.25. The van der Waals surface area contributed by atoms with Crippen LogP contribution in [0.15, 0.2) is 60.7 Å². The zero-order valence-corrected chi connectivity index (χ0v) is 16.2. The summed E-state index contributed by atoms with van der Waals surface area (Å²) in [6.07, 6.45) is 0. The van der Waals surface area contributed by atoms with Crippen LogP contribution in [0.4, 0.5) is 0 Å². The number of benzene rings is 3. The molecule has 0 radical (unpaired) electrons. The molecule has 0 nitrogen and oxygen atoms in total. The Kier molecular flexibility index (Phi) is 4.13. The molecule has 1 heteroatoms. The van der Waals surface area contributed by atoms with Crippen LogP contribution in [0.1, 0.15) is 50.7 Å². The van der Waals surface area contributed by atoms with E-state index in [-0.39, 0.29) is 0 Å². The quantitative estimate of drug-likeness (QED) is 0.353. The first-order valence-electron chi connectivity index (χ1n) is 9.09. The molecule has 0 saturated heterocycles. The van der Waals surface area contributed by atoms with Gasteiger partial charge in [-0.3, -0.25) is 0 Å². The minimum Gasteiger partial charge on any atom is -0.135 e. The topological polar surface area (TPSA) is 0 Å². The smallest absolute Gasteiger partial charge is 0.0355 e. The Morgan fingerprint density at radius 2 is 1.08 bits per heavy atom. The summed E-state index contributed by atoms with van der Waals surface area (Å²) in [6.45, 7) is 9.00. The van der Waals surface area contributed by atoms with Crippen molar-refractivity contribution in [2.45, 2.75) is 39.5 Å². The van der Waals surface area contributed by atoms with E-state index in [1.807, 2.05) is 11.3 Å². The lowest BCUT2D eigenvalue weighted by Gasteiger charge is -2.08. The summed E-state index contributed by atoms with van der Waals surface area (Å²) in [5.41, 5.74) is 5.41. The molecule has 1 heterocycles. The van der Waals surface area contributed by atoms with Crippen LogP contribution in [0, 0.1) is 0 Å². The van der Waals surface area contributed by atoms with Crippen LogP contribution in [0.3, 0.4) is 0 Å². The maximum Gasteiger partial charge on any atom is 0.0355 e. The predicted molar refractivity (Wildman–Crippen MR) is 113 cm³/mol. The Bertz CT molecular complexity index is 1030. The monoisotopic (exact) mass is 344 g/mol. The molecular formula is C24H24S. The van der Waals surface area contributed by atoms with Crippen molar-refractivity contribution >= 4 is 31.5 Å². The summed E-state index contributed by atoms with van der Waals surface area (Å²) < 4.78 is 2.75. The van der Waals surface area contributed by atoms with E-state index in [1.54, 1.807) is 0 Å². The van der Waals surface area contributed by atoms with Gasteiger partial charge in [0.2, 0.25) is 0 Å². The lowest BCUT2D eigenvalue weighted by atomic mass is 9.97. The van der Waals surface area contributed by atoms with Gasteiger partial charge in [-0.2, -0.15) is 0 Å². The molecule has 25 heavy (non-hydrogen) atoms. The molecule has 0 saturated carbocycles. The number of fused-ring (bicyclic) bond motifs is 3. The summed E-state index contributed by atoms with van der Waals surface area (Å²) in [4.78, 5) is 0. The van der Waals surface area contributed by atoms with Gasteiger partial charge in [-0.25, -0.2) is 0 Å². The number of hydrogen-bond donors (Lipinski definition) is 0. The van der Waals surface area contributed by atoms with Crippen LogP contribution < -0.4 is 0 Å². The second-order valence-corrected chi connectivity index (χ2v) is 8.58. The van der Waals surface area contributed by atoms with E-state index < -0.39 is 0 Å². The molecule has 1 aromatic heterocycles. The Labute approximate surface area is 154 Å². The van der Waals surface area contributed by atoms with E-state index in [9.17, 15) is 0 Å². The van der Waals surface area contributed by atoms with Crippen LogP contribution in [-0.2, 0) is 0 Å². The number of rotatable bonds is 3. The van der Waals surface area contributed by atoms with Gasteiger partial charge in [0.05, 0.1) is 0 Å². The van der Waals surface area contributed by atoms with Gasteiger partial charge in [-0.05, 0) is 58.4 Å².